The Balaban J connectivity index is 2.75. The molecule has 0 amide bonds. The van der Waals surface area contributed by atoms with Gasteiger partial charge >= 0.3 is 0 Å². The molecule has 2 heterocycles. The SMILES string of the molecule is OCc1cc(Cl)c2ncnn2c1. The Morgan fingerprint density at radius 1 is 1.58 bits per heavy atom. The van der Waals surface area contributed by atoms with E-state index in [2.05, 4.69) is 10.1 Å². The van der Waals surface area contributed by atoms with Crippen molar-refractivity contribution in [2.45, 2.75) is 6.61 Å². The van der Waals surface area contributed by atoms with Gasteiger partial charge < -0.3 is 5.11 Å². The number of aliphatic hydroxyl groups is 1. The second-order valence-electron chi connectivity index (χ2n) is 2.38. The predicted octanol–water partition coefficient (Wildman–Crippen LogP) is 0.875. The van der Waals surface area contributed by atoms with E-state index in [1.165, 1.54) is 10.8 Å². The Hall–Kier alpha value is -1.13. The van der Waals surface area contributed by atoms with Gasteiger partial charge in [-0.15, -0.1) is 0 Å². The highest BCUT2D eigenvalue weighted by atomic mass is 35.5. The van der Waals surface area contributed by atoms with Crippen molar-refractivity contribution >= 4 is 17.2 Å². The van der Waals surface area contributed by atoms with E-state index in [1.54, 1.807) is 12.3 Å². The minimum atomic E-state index is -0.0461. The van der Waals surface area contributed by atoms with Crippen LogP contribution < -0.4 is 0 Å². The first-order chi connectivity index (χ1) is 5.81. The molecule has 0 aromatic carbocycles. The van der Waals surface area contributed by atoms with Gasteiger partial charge in [-0.1, -0.05) is 11.6 Å². The van der Waals surface area contributed by atoms with Crippen LogP contribution in [0.4, 0.5) is 0 Å². The minimum Gasteiger partial charge on any atom is -0.392 e. The smallest absolute Gasteiger partial charge is 0.173 e. The second-order valence-corrected chi connectivity index (χ2v) is 2.79. The highest BCUT2D eigenvalue weighted by Gasteiger charge is 2.02. The molecule has 1 N–H and O–H groups in total. The zero-order valence-electron chi connectivity index (χ0n) is 6.11. The van der Waals surface area contributed by atoms with Crippen LogP contribution in [0.25, 0.3) is 5.65 Å². The average Bonchev–Trinajstić information content (AvgIpc) is 2.52. The standard InChI is InChI=1S/C7H6ClN3O/c8-6-1-5(3-12)2-11-7(6)9-4-10-11/h1-2,4,12H,3H2. The summed E-state index contributed by atoms with van der Waals surface area (Å²) in [5.41, 5.74) is 1.33. The molecule has 12 heavy (non-hydrogen) atoms. The Labute approximate surface area is 73.4 Å². The van der Waals surface area contributed by atoms with E-state index in [9.17, 15) is 0 Å². The quantitative estimate of drug-likeness (QED) is 0.714. The van der Waals surface area contributed by atoms with Gasteiger partial charge in [-0.05, 0) is 11.6 Å². The van der Waals surface area contributed by atoms with Crippen molar-refractivity contribution in [3.63, 3.8) is 0 Å². The lowest BCUT2D eigenvalue weighted by molar-refractivity contribution is 0.281. The van der Waals surface area contributed by atoms with Crippen molar-refractivity contribution in [1.82, 2.24) is 14.6 Å². The Kier molecular flexibility index (Phi) is 1.71. The molecule has 4 nitrogen and oxygen atoms in total. The van der Waals surface area contributed by atoms with E-state index < -0.39 is 0 Å². The van der Waals surface area contributed by atoms with Gasteiger partial charge in [0.05, 0.1) is 11.6 Å². The Bertz CT molecular complexity index is 412. The molecule has 2 aromatic heterocycles. The third-order valence-corrected chi connectivity index (χ3v) is 1.85. The Morgan fingerprint density at radius 2 is 2.42 bits per heavy atom. The van der Waals surface area contributed by atoms with Crippen molar-refractivity contribution in [2.75, 3.05) is 0 Å². The summed E-state index contributed by atoms with van der Waals surface area (Å²) < 4.78 is 1.54. The van der Waals surface area contributed by atoms with Crippen molar-refractivity contribution in [2.24, 2.45) is 0 Å². The summed E-state index contributed by atoms with van der Waals surface area (Å²) in [5, 5.41) is 13.2. The molecular weight excluding hydrogens is 178 g/mol. The van der Waals surface area contributed by atoms with Crippen molar-refractivity contribution in [3.05, 3.63) is 29.2 Å². The maximum atomic E-state index is 8.84. The molecule has 0 unspecified atom stereocenters. The third-order valence-electron chi connectivity index (χ3n) is 1.57. The van der Waals surface area contributed by atoms with Crippen LogP contribution >= 0.6 is 11.6 Å². The lowest BCUT2D eigenvalue weighted by Crippen LogP contribution is -1.92. The molecular formula is C7H6ClN3O. The number of pyridine rings is 1. The van der Waals surface area contributed by atoms with Crippen LogP contribution in [0.2, 0.25) is 5.02 Å². The van der Waals surface area contributed by atoms with Crippen molar-refractivity contribution in [1.29, 1.82) is 0 Å². The molecule has 62 valence electrons. The van der Waals surface area contributed by atoms with Gasteiger partial charge in [-0.2, -0.15) is 5.10 Å². The average molecular weight is 184 g/mol. The highest BCUT2D eigenvalue weighted by Crippen LogP contribution is 2.16. The van der Waals surface area contributed by atoms with E-state index in [0.29, 0.717) is 10.7 Å². The van der Waals surface area contributed by atoms with E-state index in [1.807, 2.05) is 0 Å². The molecule has 0 fully saturated rings. The number of aromatic nitrogens is 3. The van der Waals surface area contributed by atoms with Gasteiger partial charge in [0.25, 0.3) is 0 Å². The molecule has 0 radical (unpaired) electrons. The van der Waals surface area contributed by atoms with Crippen LogP contribution in [0.3, 0.4) is 0 Å². The van der Waals surface area contributed by atoms with Crippen LogP contribution in [-0.2, 0) is 6.61 Å². The lowest BCUT2D eigenvalue weighted by atomic mass is 10.3. The van der Waals surface area contributed by atoms with Crippen LogP contribution in [0.1, 0.15) is 5.56 Å². The molecule has 2 rings (SSSR count). The van der Waals surface area contributed by atoms with E-state index >= 15 is 0 Å². The van der Waals surface area contributed by atoms with Gasteiger partial charge in [-0.25, -0.2) is 9.50 Å². The summed E-state index contributed by atoms with van der Waals surface area (Å²) in [7, 11) is 0. The summed E-state index contributed by atoms with van der Waals surface area (Å²) in [6.45, 7) is -0.0461. The summed E-state index contributed by atoms with van der Waals surface area (Å²) in [6, 6.07) is 1.67. The second kappa shape index (κ2) is 2.73. The fourth-order valence-corrected chi connectivity index (χ4v) is 1.30. The molecule has 5 heteroatoms. The molecule has 0 saturated carbocycles. The van der Waals surface area contributed by atoms with Gasteiger partial charge in [0.2, 0.25) is 0 Å². The zero-order valence-corrected chi connectivity index (χ0v) is 6.86. The molecule has 2 aromatic rings. The van der Waals surface area contributed by atoms with Gasteiger partial charge in [0, 0.05) is 6.20 Å². The normalized spacial score (nSPS) is 10.8. The first-order valence-corrected chi connectivity index (χ1v) is 3.77. The van der Waals surface area contributed by atoms with Gasteiger partial charge in [-0.3, -0.25) is 0 Å². The lowest BCUT2D eigenvalue weighted by Gasteiger charge is -1.98. The van der Waals surface area contributed by atoms with Gasteiger partial charge in [0.15, 0.2) is 5.65 Å². The maximum absolute atomic E-state index is 8.84. The predicted molar refractivity (Wildman–Crippen MR) is 43.9 cm³/mol. The monoisotopic (exact) mass is 183 g/mol. The summed E-state index contributed by atoms with van der Waals surface area (Å²) in [6.07, 6.45) is 3.11. The highest BCUT2D eigenvalue weighted by molar-refractivity contribution is 6.33. The minimum absolute atomic E-state index is 0.0461. The first-order valence-electron chi connectivity index (χ1n) is 3.40. The largest absolute Gasteiger partial charge is 0.392 e. The van der Waals surface area contributed by atoms with Crippen LogP contribution in [0.5, 0.6) is 0 Å². The zero-order chi connectivity index (χ0) is 8.55. The van der Waals surface area contributed by atoms with E-state index in [-0.39, 0.29) is 6.61 Å². The first kappa shape index (κ1) is 7.52. The molecule has 0 aliphatic carbocycles. The molecule has 0 aliphatic rings. The topological polar surface area (TPSA) is 50.4 Å². The number of halogens is 1. The number of hydrogen-bond acceptors (Lipinski definition) is 3. The Morgan fingerprint density at radius 3 is 3.17 bits per heavy atom. The number of nitrogens with zero attached hydrogens (tertiary/aromatic N) is 3. The molecule has 0 aliphatic heterocycles. The van der Waals surface area contributed by atoms with Crippen LogP contribution in [-0.4, -0.2) is 19.7 Å². The number of rotatable bonds is 1. The number of hydrogen-bond donors (Lipinski definition) is 1. The number of aliphatic hydroxyl groups excluding tert-OH is 1. The van der Waals surface area contributed by atoms with Gasteiger partial charge in [0.1, 0.15) is 6.33 Å². The van der Waals surface area contributed by atoms with Crippen LogP contribution in [0.15, 0.2) is 18.6 Å². The fourth-order valence-electron chi connectivity index (χ4n) is 1.02. The van der Waals surface area contributed by atoms with Crippen LogP contribution in [0, 0.1) is 0 Å². The number of fused-ring (bicyclic) bond motifs is 1. The fraction of sp³-hybridized carbons (Fsp3) is 0.143. The molecule has 0 atom stereocenters. The summed E-state index contributed by atoms with van der Waals surface area (Å²) in [4.78, 5) is 3.93. The van der Waals surface area contributed by atoms with Crippen molar-refractivity contribution < 1.29 is 5.11 Å². The maximum Gasteiger partial charge on any atom is 0.173 e. The summed E-state index contributed by atoms with van der Waals surface area (Å²) in [5.74, 6) is 0. The van der Waals surface area contributed by atoms with E-state index in [4.69, 9.17) is 16.7 Å². The third kappa shape index (κ3) is 1.05. The van der Waals surface area contributed by atoms with Crippen molar-refractivity contribution in [3.8, 4) is 0 Å². The molecule has 0 bridgehead atoms. The summed E-state index contributed by atoms with van der Waals surface area (Å²) >= 11 is 5.85. The molecule has 0 spiro atoms. The molecule has 0 saturated heterocycles. The van der Waals surface area contributed by atoms with E-state index in [0.717, 1.165) is 5.56 Å².